The number of benzene rings is 3. The van der Waals surface area contributed by atoms with Crippen LogP contribution in [0.2, 0.25) is 0 Å². The van der Waals surface area contributed by atoms with E-state index in [1.165, 1.54) is 4.90 Å². The van der Waals surface area contributed by atoms with E-state index in [2.05, 4.69) is 0 Å². The van der Waals surface area contributed by atoms with Crippen molar-refractivity contribution in [3.8, 4) is 11.5 Å². The van der Waals surface area contributed by atoms with Gasteiger partial charge in [-0.1, -0.05) is 30.3 Å². The molecule has 2 aliphatic rings. The number of carbonyl (C=O) groups is 2. The van der Waals surface area contributed by atoms with Gasteiger partial charge < -0.3 is 14.6 Å². The van der Waals surface area contributed by atoms with Crippen molar-refractivity contribution in [1.29, 1.82) is 0 Å². The first-order valence-electron chi connectivity index (χ1n) is 10.3. The van der Waals surface area contributed by atoms with Crippen molar-refractivity contribution in [2.75, 3.05) is 18.6 Å². The Labute approximate surface area is 185 Å². The van der Waals surface area contributed by atoms with Crippen LogP contribution < -0.4 is 14.4 Å². The minimum Gasteiger partial charge on any atom is -0.507 e. The van der Waals surface area contributed by atoms with Gasteiger partial charge in [-0.05, 0) is 53.6 Å². The molecule has 1 atom stereocenters. The van der Waals surface area contributed by atoms with Gasteiger partial charge >= 0.3 is 0 Å². The molecule has 1 saturated heterocycles. The number of hydrogen-bond acceptors (Lipinski definition) is 5. The molecule has 32 heavy (non-hydrogen) atoms. The largest absolute Gasteiger partial charge is 0.507 e. The SMILES string of the molecule is COc1cccc(C2/C(=C(/O)c3ccc4c(c3)CCO4)C(=O)C(=O)N2c2ccccc2)c1. The maximum atomic E-state index is 13.2. The highest BCUT2D eigenvalue weighted by atomic mass is 16.5. The molecule has 1 N–H and O–H groups in total. The summed E-state index contributed by atoms with van der Waals surface area (Å²) in [6, 6.07) is 20.7. The minimum absolute atomic E-state index is 0.0472. The Kier molecular flexibility index (Phi) is 4.90. The number of amides is 1. The molecule has 2 aliphatic heterocycles. The number of methoxy groups -OCH3 is 1. The summed E-state index contributed by atoms with van der Waals surface area (Å²) in [5.41, 5.74) is 2.73. The summed E-state index contributed by atoms with van der Waals surface area (Å²) in [6.07, 6.45) is 0.730. The van der Waals surface area contributed by atoms with Crippen LogP contribution in [-0.2, 0) is 16.0 Å². The third kappa shape index (κ3) is 3.21. The van der Waals surface area contributed by atoms with E-state index in [1.807, 2.05) is 18.2 Å². The number of aliphatic hydroxyl groups excluding tert-OH is 1. The third-order valence-corrected chi connectivity index (χ3v) is 5.85. The van der Waals surface area contributed by atoms with Crippen LogP contribution in [0.25, 0.3) is 5.76 Å². The Balaban J connectivity index is 1.71. The van der Waals surface area contributed by atoms with Crippen LogP contribution in [0.5, 0.6) is 11.5 Å². The summed E-state index contributed by atoms with van der Waals surface area (Å²) in [6.45, 7) is 0.585. The molecular weight excluding hydrogens is 406 g/mol. The molecule has 160 valence electrons. The highest BCUT2D eigenvalue weighted by Gasteiger charge is 2.47. The lowest BCUT2D eigenvalue weighted by molar-refractivity contribution is -0.132. The van der Waals surface area contributed by atoms with Crippen molar-refractivity contribution in [2.45, 2.75) is 12.5 Å². The molecule has 3 aromatic carbocycles. The second-order valence-electron chi connectivity index (χ2n) is 7.70. The summed E-state index contributed by atoms with van der Waals surface area (Å²) >= 11 is 0. The van der Waals surface area contributed by atoms with Gasteiger partial charge in [-0.15, -0.1) is 0 Å². The van der Waals surface area contributed by atoms with E-state index in [0.717, 1.165) is 17.7 Å². The van der Waals surface area contributed by atoms with Crippen molar-refractivity contribution in [1.82, 2.24) is 0 Å². The van der Waals surface area contributed by atoms with Gasteiger partial charge in [0, 0.05) is 17.7 Å². The topological polar surface area (TPSA) is 76.1 Å². The molecular formula is C26H21NO5. The molecule has 0 aliphatic carbocycles. The quantitative estimate of drug-likeness (QED) is 0.383. The van der Waals surface area contributed by atoms with Crippen LogP contribution in [0.1, 0.15) is 22.7 Å². The van der Waals surface area contributed by atoms with Crippen LogP contribution in [0.3, 0.4) is 0 Å². The predicted molar refractivity (Wildman–Crippen MR) is 120 cm³/mol. The van der Waals surface area contributed by atoms with E-state index < -0.39 is 17.7 Å². The standard InChI is InChI=1S/C26H21NO5/c1-31-20-9-5-6-17(15-20)23-22(24(28)18-10-11-21-16(14-18)12-13-32-21)25(29)26(30)27(23)19-7-3-2-4-8-19/h2-11,14-15,23,28H,12-13H2,1H3/b24-22-. The number of aliphatic hydroxyl groups is 1. The summed E-state index contributed by atoms with van der Waals surface area (Å²) in [7, 11) is 1.56. The van der Waals surface area contributed by atoms with Crippen LogP contribution >= 0.6 is 0 Å². The molecule has 1 fully saturated rings. The lowest BCUT2D eigenvalue weighted by Crippen LogP contribution is -2.29. The summed E-state index contributed by atoms with van der Waals surface area (Å²) in [4.78, 5) is 27.8. The number of ether oxygens (including phenoxy) is 2. The molecule has 1 unspecified atom stereocenters. The van der Waals surface area contributed by atoms with Gasteiger partial charge in [0.25, 0.3) is 11.7 Å². The fourth-order valence-electron chi connectivity index (χ4n) is 4.30. The number of para-hydroxylation sites is 1. The summed E-state index contributed by atoms with van der Waals surface area (Å²) in [5, 5.41) is 11.3. The van der Waals surface area contributed by atoms with Crippen molar-refractivity contribution in [3.63, 3.8) is 0 Å². The molecule has 0 aromatic heterocycles. The van der Waals surface area contributed by atoms with Crippen molar-refractivity contribution in [2.24, 2.45) is 0 Å². The Hall–Kier alpha value is -4.06. The number of Topliss-reactive ketones (excluding diaryl/α,β-unsaturated/α-hetero) is 1. The predicted octanol–water partition coefficient (Wildman–Crippen LogP) is 4.26. The fourth-order valence-corrected chi connectivity index (χ4v) is 4.30. The van der Waals surface area contributed by atoms with Crippen molar-refractivity contribution < 1.29 is 24.2 Å². The highest BCUT2D eigenvalue weighted by molar-refractivity contribution is 6.51. The van der Waals surface area contributed by atoms with E-state index in [-0.39, 0.29) is 11.3 Å². The zero-order valence-electron chi connectivity index (χ0n) is 17.4. The normalized spacial score (nSPS) is 19.0. The van der Waals surface area contributed by atoms with Crippen molar-refractivity contribution >= 4 is 23.1 Å². The molecule has 6 heteroatoms. The molecule has 0 radical (unpaired) electrons. The maximum Gasteiger partial charge on any atom is 0.300 e. The first-order chi connectivity index (χ1) is 15.6. The molecule has 1 amide bonds. The molecule has 6 nitrogen and oxygen atoms in total. The van der Waals surface area contributed by atoms with E-state index in [1.54, 1.807) is 61.7 Å². The van der Waals surface area contributed by atoms with Gasteiger partial charge in [0.15, 0.2) is 0 Å². The second kappa shape index (κ2) is 7.89. The average Bonchev–Trinajstić information content (AvgIpc) is 3.41. The number of ketones is 1. The Morgan fingerprint density at radius 2 is 1.84 bits per heavy atom. The molecule has 0 spiro atoms. The Bertz CT molecular complexity index is 1250. The van der Waals surface area contributed by atoms with E-state index in [0.29, 0.717) is 29.2 Å². The molecule has 0 bridgehead atoms. The zero-order chi connectivity index (χ0) is 22.2. The third-order valence-electron chi connectivity index (χ3n) is 5.85. The van der Waals surface area contributed by atoms with Gasteiger partial charge in [-0.3, -0.25) is 14.5 Å². The number of fused-ring (bicyclic) bond motifs is 1. The van der Waals surface area contributed by atoms with Gasteiger partial charge in [0.05, 0.1) is 25.3 Å². The second-order valence-corrected chi connectivity index (χ2v) is 7.70. The van der Waals surface area contributed by atoms with Crippen LogP contribution in [0, 0.1) is 0 Å². The lowest BCUT2D eigenvalue weighted by Gasteiger charge is -2.25. The molecule has 5 rings (SSSR count). The number of hydrogen-bond donors (Lipinski definition) is 1. The first kappa shape index (κ1) is 19.9. The fraction of sp³-hybridized carbons (Fsp3) is 0.154. The van der Waals surface area contributed by atoms with E-state index in [4.69, 9.17) is 9.47 Å². The van der Waals surface area contributed by atoms with E-state index in [9.17, 15) is 14.7 Å². The molecule has 3 aromatic rings. The number of anilines is 1. The van der Waals surface area contributed by atoms with Crippen LogP contribution in [-0.4, -0.2) is 30.5 Å². The minimum atomic E-state index is -0.794. The van der Waals surface area contributed by atoms with E-state index >= 15 is 0 Å². The van der Waals surface area contributed by atoms with Gasteiger partial charge in [0.2, 0.25) is 0 Å². The van der Waals surface area contributed by atoms with Crippen LogP contribution in [0.4, 0.5) is 5.69 Å². The maximum absolute atomic E-state index is 13.2. The first-order valence-corrected chi connectivity index (χ1v) is 10.3. The number of rotatable bonds is 4. The molecule has 2 heterocycles. The molecule has 0 saturated carbocycles. The zero-order valence-corrected chi connectivity index (χ0v) is 17.4. The smallest absolute Gasteiger partial charge is 0.300 e. The van der Waals surface area contributed by atoms with Gasteiger partial charge in [-0.2, -0.15) is 0 Å². The number of nitrogens with zero attached hydrogens (tertiary/aromatic N) is 1. The Morgan fingerprint density at radius 1 is 1.03 bits per heavy atom. The average molecular weight is 427 g/mol. The van der Waals surface area contributed by atoms with Gasteiger partial charge in [0.1, 0.15) is 17.3 Å². The van der Waals surface area contributed by atoms with Crippen LogP contribution in [0.15, 0.2) is 78.4 Å². The lowest BCUT2D eigenvalue weighted by atomic mass is 9.94. The monoisotopic (exact) mass is 427 g/mol. The van der Waals surface area contributed by atoms with Gasteiger partial charge in [-0.25, -0.2) is 0 Å². The Morgan fingerprint density at radius 3 is 2.62 bits per heavy atom. The summed E-state index contributed by atoms with van der Waals surface area (Å²) in [5.74, 6) is -0.248. The highest BCUT2D eigenvalue weighted by Crippen LogP contribution is 2.43. The number of carbonyl (C=O) groups excluding carboxylic acids is 2. The van der Waals surface area contributed by atoms with Crippen molar-refractivity contribution in [3.05, 3.63) is 95.1 Å². The summed E-state index contributed by atoms with van der Waals surface area (Å²) < 4.78 is 10.9.